The van der Waals surface area contributed by atoms with E-state index < -0.39 is 0 Å². The summed E-state index contributed by atoms with van der Waals surface area (Å²) in [5, 5.41) is 0.739. The molecule has 0 saturated carbocycles. The molecule has 0 saturated heterocycles. The Morgan fingerprint density at radius 3 is 2.60 bits per heavy atom. The van der Waals surface area contributed by atoms with Crippen molar-refractivity contribution in [3.05, 3.63) is 77.2 Å². The monoisotopic (exact) mass is 282 g/mol. The number of H-pyrrole nitrogens is 1. The number of aryl methyl sites for hydroxylation is 2. The van der Waals surface area contributed by atoms with Gasteiger partial charge in [0.1, 0.15) is 5.82 Å². The van der Waals surface area contributed by atoms with Crippen LogP contribution in [0.25, 0.3) is 11.3 Å². The van der Waals surface area contributed by atoms with Crippen LogP contribution in [-0.2, 0) is 12.8 Å². The molecule has 1 N–H and O–H groups in total. The second kappa shape index (κ2) is 5.93. The highest BCUT2D eigenvalue weighted by molar-refractivity contribution is 6.30. The van der Waals surface area contributed by atoms with Crippen LogP contribution >= 0.6 is 11.6 Å². The van der Waals surface area contributed by atoms with Gasteiger partial charge in [0, 0.05) is 17.0 Å². The summed E-state index contributed by atoms with van der Waals surface area (Å²) in [6, 6.07) is 18.2. The Labute approximate surface area is 123 Å². The molecule has 0 atom stereocenters. The third kappa shape index (κ3) is 3.09. The van der Waals surface area contributed by atoms with Gasteiger partial charge in [-0.05, 0) is 24.1 Å². The van der Waals surface area contributed by atoms with Gasteiger partial charge in [0.05, 0.1) is 11.9 Å². The molecule has 2 aromatic carbocycles. The maximum absolute atomic E-state index is 6.01. The maximum atomic E-state index is 6.01. The van der Waals surface area contributed by atoms with Gasteiger partial charge in [-0.25, -0.2) is 4.98 Å². The first-order valence-corrected chi connectivity index (χ1v) is 7.03. The number of nitrogens with one attached hydrogen (secondary N) is 1. The fourth-order valence-electron chi connectivity index (χ4n) is 2.20. The fraction of sp³-hybridized carbons (Fsp3) is 0.118. The summed E-state index contributed by atoms with van der Waals surface area (Å²) >= 11 is 6.01. The van der Waals surface area contributed by atoms with E-state index in [4.69, 9.17) is 11.6 Å². The predicted molar refractivity (Wildman–Crippen MR) is 82.9 cm³/mol. The van der Waals surface area contributed by atoms with Gasteiger partial charge in [0.2, 0.25) is 0 Å². The number of nitrogens with zero attached hydrogens (tertiary/aromatic N) is 1. The number of rotatable bonds is 4. The number of hydrogen-bond acceptors (Lipinski definition) is 1. The quantitative estimate of drug-likeness (QED) is 0.749. The standard InChI is InChI=1S/C17H15ClN2/c18-15-8-4-7-14(11-15)16-12-19-17(20-16)10-9-13-5-2-1-3-6-13/h1-8,11-12H,9-10H2,(H,19,20). The lowest BCUT2D eigenvalue weighted by atomic mass is 10.1. The highest BCUT2D eigenvalue weighted by atomic mass is 35.5. The summed E-state index contributed by atoms with van der Waals surface area (Å²) in [6.45, 7) is 0. The molecule has 0 spiro atoms. The van der Waals surface area contributed by atoms with Crippen molar-refractivity contribution in [3.63, 3.8) is 0 Å². The Balaban J connectivity index is 1.71. The van der Waals surface area contributed by atoms with Crippen LogP contribution in [0.15, 0.2) is 60.8 Å². The third-order valence-electron chi connectivity index (χ3n) is 3.26. The van der Waals surface area contributed by atoms with E-state index in [-0.39, 0.29) is 0 Å². The minimum Gasteiger partial charge on any atom is -0.342 e. The molecule has 3 aromatic rings. The summed E-state index contributed by atoms with van der Waals surface area (Å²) < 4.78 is 0. The first kappa shape index (κ1) is 12.9. The molecule has 3 rings (SSSR count). The molecule has 0 unspecified atom stereocenters. The van der Waals surface area contributed by atoms with E-state index in [1.54, 1.807) is 0 Å². The van der Waals surface area contributed by atoms with E-state index in [9.17, 15) is 0 Å². The molecule has 100 valence electrons. The zero-order valence-corrected chi connectivity index (χ0v) is 11.8. The molecule has 2 nitrogen and oxygen atoms in total. The minimum atomic E-state index is 0.739. The Bertz CT molecular complexity index is 689. The largest absolute Gasteiger partial charge is 0.342 e. The SMILES string of the molecule is Clc1cccc(-c2cnc(CCc3ccccc3)[nH]2)c1. The van der Waals surface area contributed by atoms with E-state index >= 15 is 0 Å². The van der Waals surface area contributed by atoms with E-state index in [2.05, 4.69) is 34.2 Å². The fourth-order valence-corrected chi connectivity index (χ4v) is 2.39. The molecule has 3 heteroatoms. The lowest BCUT2D eigenvalue weighted by Gasteiger charge is -1.99. The second-order valence-corrected chi connectivity index (χ2v) is 5.18. The molecule has 0 fully saturated rings. The summed E-state index contributed by atoms with van der Waals surface area (Å²) in [7, 11) is 0. The molecule has 0 amide bonds. The maximum Gasteiger partial charge on any atom is 0.106 e. The zero-order chi connectivity index (χ0) is 13.8. The summed E-state index contributed by atoms with van der Waals surface area (Å²) in [5.74, 6) is 1.00. The molecule has 0 bridgehead atoms. The number of halogens is 1. The molecule has 0 radical (unpaired) electrons. The molecule has 0 aliphatic carbocycles. The van der Waals surface area contributed by atoms with Gasteiger partial charge >= 0.3 is 0 Å². The minimum absolute atomic E-state index is 0.739. The first-order valence-electron chi connectivity index (χ1n) is 6.65. The summed E-state index contributed by atoms with van der Waals surface area (Å²) in [4.78, 5) is 7.80. The Kier molecular flexibility index (Phi) is 3.84. The van der Waals surface area contributed by atoms with Crippen LogP contribution in [0.3, 0.4) is 0 Å². The van der Waals surface area contributed by atoms with Crippen molar-refractivity contribution in [3.8, 4) is 11.3 Å². The second-order valence-electron chi connectivity index (χ2n) is 4.74. The van der Waals surface area contributed by atoms with Crippen LogP contribution in [0.1, 0.15) is 11.4 Å². The Hall–Kier alpha value is -2.06. The molecular formula is C17H15ClN2. The number of aromatic nitrogens is 2. The Morgan fingerprint density at radius 2 is 1.80 bits per heavy atom. The van der Waals surface area contributed by atoms with Gasteiger partial charge in [0.15, 0.2) is 0 Å². The van der Waals surface area contributed by atoms with E-state index in [1.807, 2.05) is 36.5 Å². The van der Waals surface area contributed by atoms with Crippen LogP contribution in [0.5, 0.6) is 0 Å². The van der Waals surface area contributed by atoms with Crippen molar-refractivity contribution in [1.82, 2.24) is 9.97 Å². The van der Waals surface area contributed by atoms with Gasteiger partial charge < -0.3 is 4.98 Å². The highest BCUT2D eigenvalue weighted by Crippen LogP contribution is 2.21. The van der Waals surface area contributed by atoms with Crippen molar-refractivity contribution in [1.29, 1.82) is 0 Å². The topological polar surface area (TPSA) is 28.7 Å². The first-order chi connectivity index (χ1) is 9.81. The van der Waals surface area contributed by atoms with E-state index in [1.165, 1.54) is 5.56 Å². The van der Waals surface area contributed by atoms with Crippen LogP contribution in [0.4, 0.5) is 0 Å². The van der Waals surface area contributed by atoms with Crippen LogP contribution in [0.2, 0.25) is 5.02 Å². The number of hydrogen-bond donors (Lipinski definition) is 1. The number of imidazole rings is 1. The smallest absolute Gasteiger partial charge is 0.106 e. The van der Waals surface area contributed by atoms with Crippen LogP contribution in [-0.4, -0.2) is 9.97 Å². The average Bonchev–Trinajstić information content (AvgIpc) is 2.95. The summed E-state index contributed by atoms with van der Waals surface area (Å²) in [5.41, 5.74) is 3.40. The van der Waals surface area contributed by atoms with Crippen molar-refractivity contribution in [2.24, 2.45) is 0 Å². The van der Waals surface area contributed by atoms with Crippen molar-refractivity contribution in [2.45, 2.75) is 12.8 Å². The predicted octanol–water partition coefficient (Wildman–Crippen LogP) is 4.52. The molecule has 1 aromatic heterocycles. The van der Waals surface area contributed by atoms with Gasteiger partial charge in [0.25, 0.3) is 0 Å². The van der Waals surface area contributed by atoms with Gasteiger partial charge in [-0.3, -0.25) is 0 Å². The lowest BCUT2D eigenvalue weighted by molar-refractivity contribution is 0.885. The van der Waals surface area contributed by atoms with Crippen LogP contribution in [0, 0.1) is 0 Å². The van der Waals surface area contributed by atoms with Crippen molar-refractivity contribution in [2.75, 3.05) is 0 Å². The molecule has 0 aliphatic rings. The third-order valence-corrected chi connectivity index (χ3v) is 3.49. The van der Waals surface area contributed by atoms with Crippen molar-refractivity contribution < 1.29 is 0 Å². The molecule has 1 heterocycles. The zero-order valence-electron chi connectivity index (χ0n) is 11.0. The molecular weight excluding hydrogens is 268 g/mol. The Morgan fingerprint density at radius 1 is 0.950 bits per heavy atom. The normalized spacial score (nSPS) is 10.7. The number of benzene rings is 2. The van der Waals surface area contributed by atoms with E-state index in [0.29, 0.717) is 0 Å². The van der Waals surface area contributed by atoms with Crippen LogP contribution < -0.4 is 0 Å². The van der Waals surface area contributed by atoms with Gasteiger partial charge in [-0.1, -0.05) is 54.1 Å². The van der Waals surface area contributed by atoms with Gasteiger partial charge in [-0.15, -0.1) is 0 Å². The van der Waals surface area contributed by atoms with Gasteiger partial charge in [-0.2, -0.15) is 0 Å². The summed E-state index contributed by atoms with van der Waals surface area (Å²) in [6.07, 6.45) is 3.76. The number of aromatic amines is 1. The lowest BCUT2D eigenvalue weighted by Crippen LogP contribution is -1.93. The van der Waals surface area contributed by atoms with Crippen molar-refractivity contribution >= 4 is 11.6 Å². The highest BCUT2D eigenvalue weighted by Gasteiger charge is 2.04. The van der Waals surface area contributed by atoms with E-state index in [0.717, 1.165) is 34.9 Å². The molecule has 0 aliphatic heterocycles. The molecule has 20 heavy (non-hydrogen) atoms. The average molecular weight is 283 g/mol.